The van der Waals surface area contributed by atoms with Crippen LogP contribution in [0.2, 0.25) is 0 Å². The van der Waals surface area contributed by atoms with Crippen LogP contribution < -0.4 is 10.5 Å². The van der Waals surface area contributed by atoms with Crippen LogP contribution in [0.3, 0.4) is 0 Å². The molecule has 0 spiro atoms. The number of likely N-dealkylation sites (N-methyl/N-ethyl adjacent to an activating group) is 1. The van der Waals surface area contributed by atoms with Gasteiger partial charge < -0.3 is 10.6 Å². The fourth-order valence-corrected chi connectivity index (χ4v) is 3.67. The van der Waals surface area contributed by atoms with Crippen molar-refractivity contribution >= 4 is 21.8 Å². The number of halogens is 1. The first-order valence-corrected chi connectivity index (χ1v) is 9.68. The molecule has 0 bridgehead atoms. The average molecular weight is 405 g/mol. The highest BCUT2D eigenvalue weighted by molar-refractivity contribution is 7.89. The van der Waals surface area contributed by atoms with Crippen LogP contribution in [-0.4, -0.2) is 38.7 Å². The SMILES string of the molecule is C=CCNS(=O)(=O)c1cccc(C(=O)N(C)C(C(N)=O)c2cccc(F)c2)c1. The third-order valence-electron chi connectivity index (χ3n) is 3.95. The van der Waals surface area contributed by atoms with Gasteiger partial charge in [-0.05, 0) is 35.9 Å². The Hall–Kier alpha value is -3.04. The van der Waals surface area contributed by atoms with Crippen LogP contribution in [0.4, 0.5) is 4.39 Å². The lowest BCUT2D eigenvalue weighted by Gasteiger charge is -2.26. The average Bonchev–Trinajstić information content (AvgIpc) is 2.65. The summed E-state index contributed by atoms with van der Waals surface area (Å²) in [5, 5.41) is 0. The summed E-state index contributed by atoms with van der Waals surface area (Å²) in [6.07, 6.45) is 1.39. The Labute approximate surface area is 162 Å². The Morgan fingerprint density at radius 2 is 1.93 bits per heavy atom. The zero-order chi connectivity index (χ0) is 20.9. The van der Waals surface area contributed by atoms with Crippen molar-refractivity contribution in [1.29, 1.82) is 0 Å². The molecule has 0 aliphatic carbocycles. The quantitative estimate of drug-likeness (QED) is 0.650. The predicted molar refractivity (Wildman–Crippen MR) is 102 cm³/mol. The van der Waals surface area contributed by atoms with Crippen molar-refractivity contribution in [3.05, 3.63) is 78.1 Å². The summed E-state index contributed by atoms with van der Waals surface area (Å²) >= 11 is 0. The van der Waals surface area contributed by atoms with Gasteiger partial charge in [-0.1, -0.05) is 24.3 Å². The van der Waals surface area contributed by atoms with Gasteiger partial charge in [0.2, 0.25) is 15.9 Å². The maximum Gasteiger partial charge on any atom is 0.254 e. The summed E-state index contributed by atoms with van der Waals surface area (Å²) in [4.78, 5) is 25.7. The molecule has 2 aromatic carbocycles. The van der Waals surface area contributed by atoms with Crippen LogP contribution >= 0.6 is 0 Å². The first-order valence-electron chi connectivity index (χ1n) is 8.20. The number of hydrogen-bond donors (Lipinski definition) is 2. The smallest absolute Gasteiger partial charge is 0.254 e. The molecule has 148 valence electrons. The van der Waals surface area contributed by atoms with E-state index in [1.165, 1.54) is 55.6 Å². The maximum atomic E-state index is 13.5. The summed E-state index contributed by atoms with van der Waals surface area (Å²) in [7, 11) is -2.50. The number of nitrogens with one attached hydrogen (secondary N) is 1. The number of hydrogen-bond acceptors (Lipinski definition) is 4. The lowest BCUT2D eigenvalue weighted by Crippen LogP contribution is -2.39. The zero-order valence-corrected chi connectivity index (χ0v) is 15.9. The zero-order valence-electron chi connectivity index (χ0n) is 15.1. The summed E-state index contributed by atoms with van der Waals surface area (Å²) in [5.74, 6) is -2.07. The van der Waals surface area contributed by atoms with Crippen molar-refractivity contribution in [2.45, 2.75) is 10.9 Å². The van der Waals surface area contributed by atoms with Gasteiger partial charge in [0.05, 0.1) is 4.90 Å². The number of rotatable bonds is 8. The molecule has 0 aromatic heterocycles. The van der Waals surface area contributed by atoms with Gasteiger partial charge in [0, 0.05) is 19.2 Å². The second-order valence-corrected chi connectivity index (χ2v) is 7.71. The number of amides is 2. The van der Waals surface area contributed by atoms with Gasteiger partial charge in [-0.25, -0.2) is 17.5 Å². The molecule has 0 saturated carbocycles. The van der Waals surface area contributed by atoms with Crippen molar-refractivity contribution in [3.8, 4) is 0 Å². The van der Waals surface area contributed by atoms with Crippen molar-refractivity contribution in [2.24, 2.45) is 5.73 Å². The summed E-state index contributed by atoms with van der Waals surface area (Å²) in [5.41, 5.74) is 5.66. The number of carbonyl (C=O) groups is 2. The van der Waals surface area contributed by atoms with Crippen molar-refractivity contribution in [3.63, 3.8) is 0 Å². The fourth-order valence-electron chi connectivity index (χ4n) is 2.62. The number of benzene rings is 2. The van der Waals surface area contributed by atoms with E-state index in [1.54, 1.807) is 0 Å². The Kier molecular flexibility index (Phi) is 6.66. The molecule has 28 heavy (non-hydrogen) atoms. The molecule has 0 aliphatic rings. The minimum absolute atomic E-state index is 0.0315. The van der Waals surface area contributed by atoms with E-state index in [9.17, 15) is 22.4 Å². The molecule has 0 radical (unpaired) electrons. The van der Waals surface area contributed by atoms with Gasteiger partial charge >= 0.3 is 0 Å². The Bertz CT molecular complexity index is 1010. The number of carbonyl (C=O) groups excluding carboxylic acids is 2. The second-order valence-electron chi connectivity index (χ2n) is 5.94. The van der Waals surface area contributed by atoms with Crippen LogP contribution in [0.5, 0.6) is 0 Å². The number of nitrogens with zero attached hydrogens (tertiary/aromatic N) is 1. The van der Waals surface area contributed by atoms with Gasteiger partial charge in [0.25, 0.3) is 5.91 Å². The molecule has 1 unspecified atom stereocenters. The van der Waals surface area contributed by atoms with Crippen molar-refractivity contribution in [1.82, 2.24) is 9.62 Å². The summed E-state index contributed by atoms with van der Waals surface area (Å²) < 4.78 is 40.3. The molecule has 0 aliphatic heterocycles. The molecule has 0 heterocycles. The molecule has 1 atom stereocenters. The monoisotopic (exact) mass is 405 g/mol. The molecule has 2 amide bonds. The minimum atomic E-state index is -3.83. The maximum absolute atomic E-state index is 13.5. The minimum Gasteiger partial charge on any atom is -0.368 e. The van der Waals surface area contributed by atoms with Gasteiger partial charge in [0.15, 0.2) is 0 Å². The number of nitrogens with two attached hydrogens (primary N) is 1. The molecule has 0 fully saturated rings. The van der Waals surface area contributed by atoms with Gasteiger partial charge in [-0.2, -0.15) is 0 Å². The molecule has 2 rings (SSSR count). The van der Waals surface area contributed by atoms with Gasteiger partial charge in [-0.3, -0.25) is 9.59 Å². The fraction of sp³-hybridized carbons (Fsp3) is 0.158. The van der Waals surface area contributed by atoms with Crippen molar-refractivity contribution in [2.75, 3.05) is 13.6 Å². The van der Waals surface area contributed by atoms with Crippen LogP contribution in [0.25, 0.3) is 0 Å². The standard InChI is InChI=1S/C19H20FN3O4S/c1-3-10-22-28(26,27)16-9-5-7-14(12-16)19(25)23(2)17(18(21)24)13-6-4-8-15(20)11-13/h3-9,11-12,17,22H,1,10H2,2H3,(H2,21,24). The van der Waals surface area contributed by atoms with E-state index < -0.39 is 33.7 Å². The molecule has 3 N–H and O–H groups in total. The van der Waals surface area contributed by atoms with E-state index in [-0.39, 0.29) is 22.6 Å². The van der Waals surface area contributed by atoms with Crippen LogP contribution in [-0.2, 0) is 14.8 Å². The van der Waals surface area contributed by atoms with E-state index in [1.807, 2.05) is 0 Å². The van der Waals surface area contributed by atoms with E-state index in [2.05, 4.69) is 11.3 Å². The highest BCUT2D eigenvalue weighted by Crippen LogP contribution is 2.23. The Morgan fingerprint density at radius 3 is 2.54 bits per heavy atom. The Morgan fingerprint density at radius 1 is 1.25 bits per heavy atom. The van der Waals surface area contributed by atoms with E-state index in [4.69, 9.17) is 5.73 Å². The molecule has 0 saturated heterocycles. The third-order valence-corrected chi connectivity index (χ3v) is 5.37. The summed E-state index contributed by atoms with van der Waals surface area (Å²) in [6, 6.07) is 9.31. The van der Waals surface area contributed by atoms with Crippen molar-refractivity contribution < 1.29 is 22.4 Å². The molecule has 2 aromatic rings. The molecular weight excluding hydrogens is 385 g/mol. The number of sulfonamides is 1. The summed E-state index contributed by atoms with van der Waals surface area (Å²) in [6.45, 7) is 3.47. The van der Waals surface area contributed by atoms with Crippen LogP contribution in [0, 0.1) is 5.82 Å². The lowest BCUT2D eigenvalue weighted by molar-refractivity contribution is -0.122. The molecular formula is C19H20FN3O4S. The highest BCUT2D eigenvalue weighted by Gasteiger charge is 2.28. The van der Waals surface area contributed by atoms with E-state index >= 15 is 0 Å². The predicted octanol–water partition coefficient (Wildman–Crippen LogP) is 1.59. The topological polar surface area (TPSA) is 110 Å². The normalized spacial score (nSPS) is 12.2. The van der Waals surface area contributed by atoms with Crippen LogP contribution in [0.1, 0.15) is 22.0 Å². The van der Waals surface area contributed by atoms with Crippen LogP contribution in [0.15, 0.2) is 66.1 Å². The van der Waals surface area contributed by atoms with E-state index in [0.29, 0.717) is 0 Å². The first-order chi connectivity index (χ1) is 13.2. The largest absolute Gasteiger partial charge is 0.368 e. The van der Waals surface area contributed by atoms with Gasteiger partial charge in [-0.15, -0.1) is 6.58 Å². The van der Waals surface area contributed by atoms with E-state index in [0.717, 1.165) is 11.0 Å². The first kappa shape index (κ1) is 21.3. The molecule has 9 heteroatoms. The Balaban J connectivity index is 2.37. The van der Waals surface area contributed by atoms with Gasteiger partial charge in [0.1, 0.15) is 11.9 Å². The number of primary amides is 1. The highest BCUT2D eigenvalue weighted by atomic mass is 32.2. The second kappa shape index (κ2) is 8.77. The molecule has 7 nitrogen and oxygen atoms in total. The lowest BCUT2D eigenvalue weighted by atomic mass is 10.0. The third kappa shape index (κ3) is 4.81.